The van der Waals surface area contributed by atoms with Crippen LogP contribution in [0.2, 0.25) is 0 Å². The Bertz CT molecular complexity index is 376. The molecule has 0 fully saturated rings. The molecular weight excluding hydrogens is 180 g/mol. The fourth-order valence-corrected chi connectivity index (χ4v) is 1.81. The van der Waals surface area contributed by atoms with Crippen LogP contribution in [0.4, 0.5) is 0 Å². The number of carboxylic acid groups (broad SMARTS) is 1. The Hall–Kier alpha value is -1.42. The molecule has 1 aromatic rings. The van der Waals surface area contributed by atoms with E-state index in [1.165, 1.54) is 6.07 Å². The smallest absolute Gasteiger partial charge is 0.354 e. The molecule has 0 bridgehead atoms. The van der Waals surface area contributed by atoms with Gasteiger partial charge in [0.1, 0.15) is 5.69 Å². The van der Waals surface area contributed by atoms with E-state index in [1.54, 1.807) is 6.07 Å². The van der Waals surface area contributed by atoms with Crippen LogP contribution in [0.3, 0.4) is 0 Å². The van der Waals surface area contributed by atoms with E-state index in [4.69, 9.17) is 10.8 Å². The summed E-state index contributed by atoms with van der Waals surface area (Å²) in [6, 6.07) is 3.33. The Morgan fingerprint density at radius 3 is 3.07 bits per heavy atom. The summed E-state index contributed by atoms with van der Waals surface area (Å²) in [5, 5.41) is 8.76. The molecule has 0 aliphatic heterocycles. The summed E-state index contributed by atoms with van der Waals surface area (Å²) >= 11 is 0. The van der Waals surface area contributed by atoms with Crippen molar-refractivity contribution in [1.29, 1.82) is 0 Å². The normalized spacial score (nSPS) is 20.2. The van der Waals surface area contributed by atoms with Crippen LogP contribution in [0, 0.1) is 0 Å². The quantitative estimate of drug-likeness (QED) is 0.699. The van der Waals surface area contributed by atoms with Crippen molar-refractivity contribution < 1.29 is 9.90 Å². The van der Waals surface area contributed by atoms with Crippen LogP contribution < -0.4 is 5.73 Å². The third-order valence-corrected chi connectivity index (χ3v) is 2.56. The van der Waals surface area contributed by atoms with Gasteiger partial charge < -0.3 is 10.8 Å². The summed E-state index contributed by atoms with van der Waals surface area (Å²) in [5.41, 5.74) is 7.85. The Morgan fingerprint density at radius 1 is 1.57 bits per heavy atom. The van der Waals surface area contributed by atoms with E-state index in [2.05, 4.69) is 4.98 Å². The summed E-state index contributed by atoms with van der Waals surface area (Å²) in [6.45, 7) is 0. The van der Waals surface area contributed by atoms with Crippen molar-refractivity contribution in [2.45, 2.75) is 25.3 Å². The zero-order chi connectivity index (χ0) is 10.1. The van der Waals surface area contributed by atoms with E-state index in [9.17, 15) is 4.79 Å². The van der Waals surface area contributed by atoms with Crippen molar-refractivity contribution in [2.75, 3.05) is 0 Å². The molecule has 4 nitrogen and oxygen atoms in total. The van der Waals surface area contributed by atoms with Crippen LogP contribution in [-0.2, 0) is 6.42 Å². The largest absolute Gasteiger partial charge is 0.477 e. The second-order valence-electron chi connectivity index (χ2n) is 3.54. The van der Waals surface area contributed by atoms with Crippen molar-refractivity contribution >= 4 is 5.97 Å². The molecule has 0 aromatic carbocycles. The minimum Gasteiger partial charge on any atom is -0.477 e. The molecule has 14 heavy (non-hydrogen) atoms. The van der Waals surface area contributed by atoms with E-state index in [0.717, 1.165) is 30.5 Å². The molecule has 4 heteroatoms. The van der Waals surface area contributed by atoms with E-state index in [-0.39, 0.29) is 11.7 Å². The molecule has 1 heterocycles. The lowest BCUT2D eigenvalue weighted by atomic mass is 9.92. The second-order valence-corrected chi connectivity index (χ2v) is 3.54. The number of aromatic nitrogens is 1. The molecule has 0 amide bonds. The van der Waals surface area contributed by atoms with Crippen LogP contribution in [0.1, 0.15) is 40.6 Å². The number of nitrogens with zero attached hydrogens (tertiary/aromatic N) is 1. The molecular formula is C10H12N2O2. The third kappa shape index (κ3) is 1.48. The van der Waals surface area contributed by atoms with Gasteiger partial charge in [-0.25, -0.2) is 9.78 Å². The molecule has 74 valence electrons. The van der Waals surface area contributed by atoms with Gasteiger partial charge in [-0.1, -0.05) is 6.07 Å². The Labute approximate surface area is 81.8 Å². The number of fused-ring (bicyclic) bond motifs is 1. The van der Waals surface area contributed by atoms with E-state index in [1.807, 2.05) is 0 Å². The second kappa shape index (κ2) is 3.38. The summed E-state index contributed by atoms with van der Waals surface area (Å²) < 4.78 is 0. The molecule has 0 spiro atoms. The lowest BCUT2D eigenvalue weighted by Gasteiger charge is -2.21. The number of nitrogens with two attached hydrogens (primary N) is 1. The van der Waals surface area contributed by atoms with Crippen LogP contribution in [0.15, 0.2) is 12.1 Å². The molecule has 1 aromatic heterocycles. The Morgan fingerprint density at radius 2 is 2.36 bits per heavy atom. The van der Waals surface area contributed by atoms with E-state index >= 15 is 0 Å². The topological polar surface area (TPSA) is 76.2 Å². The standard InChI is InChI=1S/C10H12N2O2/c11-7-2-1-3-8-6(7)4-5-9(12-8)10(13)14/h4-5,7H,1-3,11H2,(H,13,14). The molecule has 1 aliphatic rings. The maximum absolute atomic E-state index is 10.7. The molecule has 3 N–H and O–H groups in total. The average Bonchev–Trinajstić information content (AvgIpc) is 2.17. The van der Waals surface area contributed by atoms with Gasteiger partial charge in [0.2, 0.25) is 0 Å². The first-order chi connectivity index (χ1) is 6.68. The number of pyridine rings is 1. The molecule has 0 saturated heterocycles. The van der Waals surface area contributed by atoms with Crippen molar-refractivity contribution in [2.24, 2.45) is 5.73 Å². The predicted octanol–water partition coefficient (Wildman–Crippen LogP) is 1.12. The molecule has 0 radical (unpaired) electrons. The minimum atomic E-state index is -0.980. The Balaban J connectivity index is 2.44. The highest BCUT2D eigenvalue weighted by atomic mass is 16.4. The van der Waals surface area contributed by atoms with Gasteiger partial charge in [0, 0.05) is 11.7 Å². The zero-order valence-corrected chi connectivity index (χ0v) is 7.73. The highest BCUT2D eigenvalue weighted by Crippen LogP contribution is 2.26. The van der Waals surface area contributed by atoms with Gasteiger partial charge in [0.25, 0.3) is 0 Å². The van der Waals surface area contributed by atoms with Crippen LogP contribution in [-0.4, -0.2) is 16.1 Å². The minimum absolute atomic E-state index is 0.0223. The first kappa shape index (κ1) is 9.15. The zero-order valence-electron chi connectivity index (χ0n) is 7.73. The summed E-state index contributed by atoms with van der Waals surface area (Å²) in [7, 11) is 0. The number of rotatable bonds is 1. The maximum atomic E-state index is 10.7. The monoisotopic (exact) mass is 192 g/mol. The number of carboxylic acids is 1. The first-order valence-corrected chi connectivity index (χ1v) is 4.67. The van der Waals surface area contributed by atoms with Gasteiger partial charge >= 0.3 is 5.97 Å². The lowest BCUT2D eigenvalue weighted by Crippen LogP contribution is -2.19. The van der Waals surface area contributed by atoms with E-state index in [0.29, 0.717) is 0 Å². The first-order valence-electron chi connectivity index (χ1n) is 4.67. The highest BCUT2D eigenvalue weighted by Gasteiger charge is 2.19. The molecule has 1 aliphatic carbocycles. The van der Waals surface area contributed by atoms with Gasteiger partial charge in [-0.15, -0.1) is 0 Å². The number of hydrogen-bond donors (Lipinski definition) is 2. The van der Waals surface area contributed by atoms with Crippen molar-refractivity contribution in [3.05, 3.63) is 29.1 Å². The predicted molar refractivity (Wildman–Crippen MR) is 51.1 cm³/mol. The number of aryl methyl sites for hydroxylation is 1. The van der Waals surface area contributed by atoms with Crippen molar-refractivity contribution in [1.82, 2.24) is 4.98 Å². The van der Waals surface area contributed by atoms with Gasteiger partial charge in [0.05, 0.1) is 0 Å². The average molecular weight is 192 g/mol. The van der Waals surface area contributed by atoms with Gasteiger partial charge in [0.15, 0.2) is 0 Å². The fraction of sp³-hybridized carbons (Fsp3) is 0.400. The van der Waals surface area contributed by atoms with Gasteiger partial charge in [-0.05, 0) is 30.9 Å². The van der Waals surface area contributed by atoms with E-state index < -0.39 is 5.97 Å². The molecule has 1 atom stereocenters. The van der Waals surface area contributed by atoms with Crippen molar-refractivity contribution in [3.63, 3.8) is 0 Å². The maximum Gasteiger partial charge on any atom is 0.354 e. The highest BCUT2D eigenvalue weighted by molar-refractivity contribution is 5.85. The number of aromatic carboxylic acids is 1. The van der Waals surface area contributed by atoms with Gasteiger partial charge in [-0.3, -0.25) is 0 Å². The third-order valence-electron chi connectivity index (χ3n) is 2.56. The fourth-order valence-electron chi connectivity index (χ4n) is 1.81. The van der Waals surface area contributed by atoms with Crippen LogP contribution in [0.5, 0.6) is 0 Å². The Kier molecular flexibility index (Phi) is 2.21. The molecule has 0 saturated carbocycles. The van der Waals surface area contributed by atoms with Crippen LogP contribution in [0.25, 0.3) is 0 Å². The lowest BCUT2D eigenvalue weighted by molar-refractivity contribution is 0.0690. The van der Waals surface area contributed by atoms with Crippen molar-refractivity contribution in [3.8, 4) is 0 Å². The number of hydrogen-bond acceptors (Lipinski definition) is 3. The molecule has 2 rings (SSSR count). The summed E-state index contributed by atoms with van der Waals surface area (Å²) in [6.07, 6.45) is 2.79. The summed E-state index contributed by atoms with van der Waals surface area (Å²) in [4.78, 5) is 14.8. The summed E-state index contributed by atoms with van der Waals surface area (Å²) in [5.74, 6) is -0.980. The molecule has 1 unspecified atom stereocenters. The van der Waals surface area contributed by atoms with Crippen LogP contribution >= 0.6 is 0 Å². The van der Waals surface area contributed by atoms with Gasteiger partial charge in [-0.2, -0.15) is 0 Å². The SMILES string of the molecule is NC1CCCc2nc(C(=O)O)ccc21. The number of carbonyl (C=O) groups is 1.